The Morgan fingerprint density at radius 2 is 1.86 bits per heavy atom. The fraction of sp³-hybridized carbons (Fsp3) is 0.667. The summed E-state index contributed by atoms with van der Waals surface area (Å²) in [6, 6.07) is 9.62. The summed E-state index contributed by atoms with van der Waals surface area (Å²) in [5.74, 6) is 0.908. The molecule has 1 saturated heterocycles. The molecule has 1 aromatic rings. The molecule has 1 heterocycles. The monoisotopic (exact) mass is 306 g/mol. The van der Waals surface area contributed by atoms with E-state index >= 15 is 0 Å². The lowest BCUT2D eigenvalue weighted by molar-refractivity contribution is 0.0689. The molecule has 3 rings (SSSR count). The predicted molar refractivity (Wildman–Crippen MR) is 89.6 cm³/mol. The van der Waals surface area contributed by atoms with Gasteiger partial charge in [-0.1, -0.05) is 44.5 Å². The van der Waals surface area contributed by atoms with Crippen LogP contribution in [-0.4, -0.2) is 30.1 Å². The van der Waals surface area contributed by atoms with Crippen molar-refractivity contribution >= 4 is 11.6 Å². The molecule has 0 aromatic heterocycles. The Morgan fingerprint density at radius 1 is 1.19 bits per heavy atom. The molecule has 2 unspecified atom stereocenters. The van der Waals surface area contributed by atoms with E-state index < -0.39 is 0 Å². The number of benzene rings is 1. The van der Waals surface area contributed by atoms with Crippen LogP contribution in [0.5, 0.6) is 0 Å². The number of halogens is 1. The molecule has 1 aliphatic carbocycles. The maximum atomic E-state index is 6.00. The molecule has 1 aliphatic heterocycles. The molecule has 0 bridgehead atoms. The summed E-state index contributed by atoms with van der Waals surface area (Å²) in [5, 5.41) is 4.62. The van der Waals surface area contributed by atoms with E-state index in [2.05, 4.69) is 43.1 Å². The van der Waals surface area contributed by atoms with Gasteiger partial charge in [-0.05, 0) is 41.9 Å². The van der Waals surface area contributed by atoms with Gasteiger partial charge >= 0.3 is 0 Å². The van der Waals surface area contributed by atoms with Crippen molar-refractivity contribution in [1.29, 1.82) is 0 Å². The summed E-state index contributed by atoms with van der Waals surface area (Å²) < 4.78 is 0. The Kier molecular flexibility index (Phi) is 4.31. The fourth-order valence-electron chi connectivity index (χ4n) is 3.36. The van der Waals surface area contributed by atoms with Crippen molar-refractivity contribution in [1.82, 2.24) is 10.2 Å². The molecule has 21 heavy (non-hydrogen) atoms. The number of hydrogen-bond acceptors (Lipinski definition) is 2. The minimum Gasteiger partial charge on any atom is -0.311 e. The average Bonchev–Trinajstić information content (AvgIpc) is 3.25. The lowest BCUT2D eigenvalue weighted by Gasteiger charge is -2.45. The van der Waals surface area contributed by atoms with E-state index in [1.165, 1.54) is 18.4 Å². The topological polar surface area (TPSA) is 15.3 Å². The standard InChI is InChI=1S/C18H27ClN2/c1-18(2,3)17-12-21(16(10-20-17)14-6-7-14)11-13-4-8-15(19)9-5-13/h4-5,8-9,14,16-17,20H,6-7,10-12H2,1-3H3. The molecule has 2 atom stereocenters. The molecule has 116 valence electrons. The van der Waals surface area contributed by atoms with E-state index in [-0.39, 0.29) is 0 Å². The zero-order valence-corrected chi connectivity index (χ0v) is 14.2. The van der Waals surface area contributed by atoms with Crippen molar-refractivity contribution in [2.45, 2.75) is 52.2 Å². The third-order valence-electron chi connectivity index (χ3n) is 4.97. The molecule has 0 spiro atoms. The average molecular weight is 307 g/mol. The van der Waals surface area contributed by atoms with Gasteiger partial charge in [-0.15, -0.1) is 0 Å². The summed E-state index contributed by atoms with van der Waals surface area (Å²) in [5.41, 5.74) is 1.69. The van der Waals surface area contributed by atoms with Crippen molar-refractivity contribution in [2.24, 2.45) is 11.3 Å². The zero-order valence-electron chi connectivity index (χ0n) is 13.4. The van der Waals surface area contributed by atoms with Gasteiger partial charge in [0.1, 0.15) is 0 Å². The fourth-order valence-corrected chi connectivity index (χ4v) is 3.48. The molecule has 0 amide bonds. The van der Waals surface area contributed by atoms with Crippen molar-refractivity contribution in [3.63, 3.8) is 0 Å². The normalized spacial score (nSPS) is 27.8. The molecule has 0 radical (unpaired) electrons. The molecular formula is C18H27ClN2. The van der Waals surface area contributed by atoms with E-state index in [1.807, 2.05) is 12.1 Å². The van der Waals surface area contributed by atoms with E-state index in [9.17, 15) is 0 Å². The predicted octanol–water partition coefficient (Wildman–Crippen LogP) is 3.94. The van der Waals surface area contributed by atoms with Crippen LogP contribution in [0.25, 0.3) is 0 Å². The summed E-state index contributed by atoms with van der Waals surface area (Å²) >= 11 is 6.00. The summed E-state index contributed by atoms with van der Waals surface area (Å²) in [7, 11) is 0. The van der Waals surface area contributed by atoms with Crippen LogP contribution in [-0.2, 0) is 6.54 Å². The minimum absolute atomic E-state index is 0.312. The maximum Gasteiger partial charge on any atom is 0.0406 e. The molecule has 1 aromatic carbocycles. The second-order valence-electron chi connectivity index (χ2n) is 7.79. The van der Waals surface area contributed by atoms with Crippen LogP contribution < -0.4 is 5.32 Å². The van der Waals surface area contributed by atoms with Crippen LogP contribution in [0.2, 0.25) is 5.02 Å². The minimum atomic E-state index is 0.312. The number of nitrogens with one attached hydrogen (secondary N) is 1. The third-order valence-corrected chi connectivity index (χ3v) is 5.22. The Morgan fingerprint density at radius 3 is 2.43 bits per heavy atom. The van der Waals surface area contributed by atoms with Gasteiger partial charge in [-0.25, -0.2) is 0 Å². The highest BCUT2D eigenvalue weighted by atomic mass is 35.5. The van der Waals surface area contributed by atoms with Crippen LogP contribution >= 0.6 is 11.6 Å². The second-order valence-corrected chi connectivity index (χ2v) is 8.22. The van der Waals surface area contributed by atoms with E-state index in [1.54, 1.807) is 0 Å². The zero-order chi connectivity index (χ0) is 15.0. The smallest absolute Gasteiger partial charge is 0.0406 e. The first-order valence-corrected chi connectivity index (χ1v) is 8.53. The largest absolute Gasteiger partial charge is 0.311 e. The third kappa shape index (κ3) is 3.80. The molecule has 1 N–H and O–H groups in total. The van der Waals surface area contributed by atoms with Gasteiger partial charge in [0.15, 0.2) is 0 Å². The van der Waals surface area contributed by atoms with Crippen molar-refractivity contribution in [3.05, 3.63) is 34.9 Å². The van der Waals surface area contributed by atoms with Gasteiger partial charge in [0.25, 0.3) is 0 Å². The number of nitrogens with zero attached hydrogens (tertiary/aromatic N) is 1. The lowest BCUT2D eigenvalue weighted by atomic mass is 9.84. The SMILES string of the molecule is CC(C)(C)C1CN(Cc2ccc(Cl)cc2)C(C2CC2)CN1. The molecule has 1 saturated carbocycles. The van der Waals surface area contributed by atoms with Crippen molar-refractivity contribution in [3.8, 4) is 0 Å². The van der Waals surface area contributed by atoms with Gasteiger partial charge in [0.2, 0.25) is 0 Å². The number of rotatable bonds is 3. The Labute approximate surface area is 133 Å². The van der Waals surface area contributed by atoms with E-state index in [4.69, 9.17) is 11.6 Å². The van der Waals surface area contributed by atoms with E-state index in [0.717, 1.165) is 30.6 Å². The van der Waals surface area contributed by atoms with Crippen LogP contribution in [0.4, 0.5) is 0 Å². The number of hydrogen-bond donors (Lipinski definition) is 1. The van der Waals surface area contributed by atoms with Gasteiger partial charge in [0, 0.05) is 36.7 Å². The summed E-state index contributed by atoms with van der Waals surface area (Å²) in [6.45, 7) is 10.3. The molecule has 3 heteroatoms. The lowest BCUT2D eigenvalue weighted by Crippen LogP contribution is -2.60. The van der Waals surface area contributed by atoms with E-state index in [0.29, 0.717) is 17.5 Å². The molecule has 2 nitrogen and oxygen atoms in total. The van der Waals surface area contributed by atoms with Crippen LogP contribution in [0.3, 0.4) is 0 Å². The van der Waals surface area contributed by atoms with Gasteiger partial charge in [-0.3, -0.25) is 4.90 Å². The van der Waals surface area contributed by atoms with Gasteiger partial charge < -0.3 is 5.32 Å². The Hall–Kier alpha value is -0.570. The van der Waals surface area contributed by atoms with Crippen LogP contribution in [0.1, 0.15) is 39.2 Å². The molecule has 2 fully saturated rings. The van der Waals surface area contributed by atoms with Gasteiger partial charge in [0.05, 0.1) is 0 Å². The first kappa shape index (κ1) is 15.3. The Balaban J connectivity index is 1.72. The highest BCUT2D eigenvalue weighted by Crippen LogP contribution is 2.38. The van der Waals surface area contributed by atoms with Crippen molar-refractivity contribution in [2.75, 3.05) is 13.1 Å². The summed E-state index contributed by atoms with van der Waals surface area (Å²) in [4.78, 5) is 2.70. The summed E-state index contributed by atoms with van der Waals surface area (Å²) in [6.07, 6.45) is 2.81. The first-order valence-electron chi connectivity index (χ1n) is 8.15. The molecule has 2 aliphatic rings. The van der Waals surface area contributed by atoms with Crippen LogP contribution in [0, 0.1) is 11.3 Å². The Bertz CT molecular complexity index is 473. The van der Waals surface area contributed by atoms with Gasteiger partial charge in [-0.2, -0.15) is 0 Å². The highest BCUT2D eigenvalue weighted by molar-refractivity contribution is 6.30. The maximum absolute atomic E-state index is 6.00. The first-order chi connectivity index (χ1) is 9.93. The van der Waals surface area contributed by atoms with Crippen LogP contribution in [0.15, 0.2) is 24.3 Å². The van der Waals surface area contributed by atoms with Crippen molar-refractivity contribution < 1.29 is 0 Å². The number of piperazine rings is 1. The quantitative estimate of drug-likeness (QED) is 0.910. The highest BCUT2D eigenvalue weighted by Gasteiger charge is 2.40. The second kappa shape index (κ2) is 5.91. The molecular weight excluding hydrogens is 280 g/mol.